The van der Waals surface area contributed by atoms with Crippen molar-refractivity contribution >= 4 is 33.6 Å². The minimum atomic E-state index is -4.34. The van der Waals surface area contributed by atoms with Crippen LogP contribution in [0.1, 0.15) is 30.6 Å². The number of ether oxygens (including phenoxy) is 2. The summed E-state index contributed by atoms with van der Waals surface area (Å²) in [5, 5.41) is 9.24. The number of nitrogens with one attached hydrogen (secondary N) is 1. The SMILES string of the molecule is CC[C@H](C)[C@H](NS(=O)(=O)c1cc(Cl)cc(C(=O)OC)c1OC)C(=O)O. The van der Waals surface area contributed by atoms with Crippen molar-refractivity contribution in [1.29, 1.82) is 0 Å². The van der Waals surface area contributed by atoms with Crippen LogP contribution in [0.2, 0.25) is 5.02 Å². The van der Waals surface area contributed by atoms with Gasteiger partial charge in [-0.25, -0.2) is 13.2 Å². The fraction of sp³-hybridized carbons (Fsp3) is 0.467. The Morgan fingerprint density at radius 1 is 1.32 bits per heavy atom. The first kappa shape index (κ1) is 21.2. The molecule has 25 heavy (non-hydrogen) atoms. The molecule has 0 unspecified atom stereocenters. The van der Waals surface area contributed by atoms with Gasteiger partial charge in [0.05, 0.1) is 14.2 Å². The number of esters is 1. The molecule has 0 aliphatic rings. The summed E-state index contributed by atoms with van der Waals surface area (Å²) < 4.78 is 37.2. The fourth-order valence-electron chi connectivity index (χ4n) is 2.12. The lowest BCUT2D eigenvalue weighted by Gasteiger charge is -2.21. The first-order valence-electron chi connectivity index (χ1n) is 7.30. The van der Waals surface area contributed by atoms with Gasteiger partial charge in [0, 0.05) is 5.02 Å². The first-order chi connectivity index (χ1) is 11.6. The molecule has 140 valence electrons. The molecular weight excluding hydrogens is 374 g/mol. The van der Waals surface area contributed by atoms with E-state index in [1.54, 1.807) is 13.8 Å². The largest absolute Gasteiger partial charge is 0.494 e. The number of carbonyl (C=O) groups is 2. The predicted molar refractivity (Wildman–Crippen MR) is 90.5 cm³/mol. The van der Waals surface area contributed by atoms with Gasteiger partial charge in [0.15, 0.2) is 5.75 Å². The summed E-state index contributed by atoms with van der Waals surface area (Å²) in [7, 11) is -2.04. The molecule has 0 aromatic heterocycles. The van der Waals surface area contributed by atoms with Gasteiger partial charge in [-0.3, -0.25) is 4.79 Å². The van der Waals surface area contributed by atoms with Gasteiger partial charge in [0.25, 0.3) is 0 Å². The van der Waals surface area contributed by atoms with E-state index in [0.717, 1.165) is 13.2 Å². The third-order valence-corrected chi connectivity index (χ3v) is 5.34. The Morgan fingerprint density at radius 3 is 2.36 bits per heavy atom. The number of hydrogen-bond acceptors (Lipinski definition) is 6. The zero-order valence-electron chi connectivity index (χ0n) is 14.2. The topological polar surface area (TPSA) is 119 Å². The van der Waals surface area contributed by atoms with E-state index in [4.69, 9.17) is 16.3 Å². The summed E-state index contributed by atoms with van der Waals surface area (Å²) in [6, 6.07) is 0.930. The molecule has 2 N–H and O–H groups in total. The quantitative estimate of drug-likeness (QED) is 0.647. The monoisotopic (exact) mass is 393 g/mol. The van der Waals surface area contributed by atoms with E-state index in [0.29, 0.717) is 6.42 Å². The third-order valence-electron chi connectivity index (χ3n) is 3.68. The third kappa shape index (κ3) is 4.83. The highest BCUT2D eigenvalue weighted by Crippen LogP contribution is 2.32. The van der Waals surface area contributed by atoms with Gasteiger partial charge in [0.2, 0.25) is 10.0 Å². The Morgan fingerprint density at radius 2 is 1.92 bits per heavy atom. The van der Waals surface area contributed by atoms with E-state index in [2.05, 4.69) is 9.46 Å². The average molecular weight is 394 g/mol. The minimum Gasteiger partial charge on any atom is -0.494 e. The van der Waals surface area contributed by atoms with Crippen LogP contribution in [0.5, 0.6) is 5.75 Å². The molecule has 0 amide bonds. The van der Waals surface area contributed by atoms with Crippen molar-refractivity contribution in [3.05, 3.63) is 22.7 Å². The van der Waals surface area contributed by atoms with Gasteiger partial charge in [-0.05, 0) is 18.1 Å². The standard InChI is InChI=1S/C15H20ClNO7S/c1-5-8(2)12(14(18)19)17-25(21,22)11-7-9(16)6-10(13(11)23-3)15(20)24-4/h6-8,12,17H,5H2,1-4H3,(H,18,19)/t8-,12-/m0/s1. The lowest BCUT2D eigenvalue weighted by atomic mass is 10.0. The molecular formula is C15H20ClNO7S. The number of carboxylic acid groups (broad SMARTS) is 1. The molecule has 0 bridgehead atoms. The predicted octanol–water partition coefficient (Wildman–Crippen LogP) is 1.91. The molecule has 10 heteroatoms. The van der Waals surface area contributed by atoms with Crippen molar-refractivity contribution in [1.82, 2.24) is 4.72 Å². The van der Waals surface area contributed by atoms with Crippen LogP contribution in [0.25, 0.3) is 0 Å². The average Bonchev–Trinajstić information content (AvgIpc) is 2.57. The molecule has 0 spiro atoms. The van der Waals surface area contributed by atoms with Crippen molar-refractivity contribution in [2.75, 3.05) is 14.2 Å². The normalized spacial score (nSPS) is 13.8. The molecule has 0 aliphatic heterocycles. The molecule has 0 heterocycles. The molecule has 2 atom stereocenters. The molecule has 1 aromatic rings. The number of carbonyl (C=O) groups excluding carboxylic acids is 1. The number of methoxy groups -OCH3 is 2. The number of halogens is 1. The second-order valence-corrected chi connectivity index (χ2v) is 7.42. The number of aliphatic carboxylic acids is 1. The maximum Gasteiger partial charge on any atom is 0.341 e. The summed E-state index contributed by atoms with van der Waals surface area (Å²) >= 11 is 5.90. The van der Waals surface area contributed by atoms with Crippen LogP contribution in [0.3, 0.4) is 0 Å². The highest BCUT2D eigenvalue weighted by Gasteiger charge is 2.33. The Balaban J connectivity index is 3.49. The zero-order chi connectivity index (χ0) is 19.4. The Bertz CT molecular complexity index is 763. The van der Waals surface area contributed by atoms with Crippen LogP contribution in [0.4, 0.5) is 0 Å². The molecule has 0 fully saturated rings. The maximum absolute atomic E-state index is 12.7. The zero-order valence-corrected chi connectivity index (χ0v) is 15.8. The number of sulfonamides is 1. The molecule has 0 radical (unpaired) electrons. The van der Waals surface area contributed by atoms with E-state index >= 15 is 0 Å². The summed E-state index contributed by atoms with van der Waals surface area (Å²) in [5.41, 5.74) is -0.187. The van der Waals surface area contributed by atoms with E-state index in [-0.39, 0.29) is 16.3 Å². The van der Waals surface area contributed by atoms with E-state index < -0.39 is 38.8 Å². The van der Waals surface area contributed by atoms with Gasteiger partial charge in [-0.15, -0.1) is 0 Å². The van der Waals surface area contributed by atoms with Crippen LogP contribution in [0, 0.1) is 5.92 Å². The fourth-order valence-corrected chi connectivity index (χ4v) is 3.91. The Kier molecular flexibility index (Phi) is 7.21. The smallest absolute Gasteiger partial charge is 0.341 e. The molecule has 1 rings (SSSR count). The van der Waals surface area contributed by atoms with Gasteiger partial charge >= 0.3 is 11.9 Å². The van der Waals surface area contributed by atoms with Crippen LogP contribution >= 0.6 is 11.6 Å². The number of hydrogen-bond donors (Lipinski definition) is 2. The summed E-state index contributed by atoms with van der Waals surface area (Å²) in [6.45, 7) is 3.35. The number of rotatable bonds is 8. The highest BCUT2D eigenvalue weighted by atomic mass is 35.5. The molecule has 8 nitrogen and oxygen atoms in total. The van der Waals surface area contributed by atoms with Crippen molar-refractivity contribution in [3.8, 4) is 5.75 Å². The van der Waals surface area contributed by atoms with Crippen molar-refractivity contribution in [2.45, 2.75) is 31.2 Å². The van der Waals surface area contributed by atoms with Gasteiger partial charge < -0.3 is 14.6 Å². The lowest BCUT2D eigenvalue weighted by molar-refractivity contribution is -0.140. The first-order valence-corrected chi connectivity index (χ1v) is 9.16. The summed E-state index contributed by atoms with van der Waals surface area (Å²) in [4.78, 5) is 22.8. The number of benzene rings is 1. The van der Waals surface area contributed by atoms with Crippen LogP contribution in [-0.4, -0.2) is 45.7 Å². The molecule has 1 aromatic carbocycles. The van der Waals surface area contributed by atoms with Crippen LogP contribution in [-0.2, 0) is 19.6 Å². The van der Waals surface area contributed by atoms with Crippen LogP contribution < -0.4 is 9.46 Å². The van der Waals surface area contributed by atoms with E-state index in [9.17, 15) is 23.1 Å². The summed E-state index contributed by atoms with van der Waals surface area (Å²) in [5.74, 6) is -2.89. The van der Waals surface area contributed by atoms with Crippen molar-refractivity contribution in [2.24, 2.45) is 5.92 Å². The Hall–Kier alpha value is -1.84. The van der Waals surface area contributed by atoms with Gasteiger partial charge in [-0.1, -0.05) is 31.9 Å². The second kappa shape index (κ2) is 8.50. The van der Waals surface area contributed by atoms with Gasteiger partial charge in [-0.2, -0.15) is 4.72 Å². The highest BCUT2D eigenvalue weighted by molar-refractivity contribution is 7.89. The Labute approximate surface area is 151 Å². The van der Waals surface area contributed by atoms with E-state index in [1.807, 2.05) is 0 Å². The molecule has 0 aliphatic carbocycles. The lowest BCUT2D eigenvalue weighted by Crippen LogP contribution is -2.45. The maximum atomic E-state index is 12.7. The second-order valence-electron chi connectivity index (χ2n) is 5.30. The van der Waals surface area contributed by atoms with Gasteiger partial charge in [0.1, 0.15) is 16.5 Å². The minimum absolute atomic E-state index is 0.0445. The van der Waals surface area contributed by atoms with Crippen molar-refractivity contribution in [3.63, 3.8) is 0 Å². The van der Waals surface area contributed by atoms with E-state index in [1.165, 1.54) is 13.2 Å². The summed E-state index contributed by atoms with van der Waals surface area (Å²) in [6.07, 6.45) is 0.444. The molecule has 0 saturated heterocycles. The van der Waals surface area contributed by atoms with Crippen LogP contribution in [0.15, 0.2) is 17.0 Å². The van der Waals surface area contributed by atoms with Crippen molar-refractivity contribution < 1.29 is 32.6 Å². The molecule has 0 saturated carbocycles. The number of carboxylic acids is 1.